The first-order valence-electron chi connectivity index (χ1n) is 10.2. The molecule has 4 heteroatoms. The van der Waals surface area contributed by atoms with Crippen molar-refractivity contribution >= 4 is 18.7 Å². The van der Waals surface area contributed by atoms with E-state index in [9.17, 15) is 0 Å². The summed E-state index contributed by atoms with van der Waals surface area (Å²) in [5.74, 6) is 1.13. The van der Waals surface area contributed by atoms with Crippen LogP contribution < -0.4 is 10.4 Å². The van der Waals surface area contributed by atoms with E-state index in [2.05, 4.69) is 95.0 Å². The van der Waals surface area contributed by atoms with Crippen LogP contribution in [0.15, 0.2) is 60.7 Å². The van der Waals surface area contributed by atoms with Crippen LogP contribution in [-0.4, -0.2) is 20.5 Å². The largest absolute Gasteiger partial charge is 0.545 e. The Morgan fingerprint density at radius 2 is 1.57 bits per heavy atom. The second-order valence-corrected chi connectivity index (χ2v) is 13.6. The fraction of sp³-hybridized carbons (Fsp3) is 0.458. The van der Waals surface area contributed by atoms with Crippen molar-refractivity contribution in [3.05, 3.63) is 67.3 Å². The van der Waals surface area contributed by atoms with Gasteiger partial charge >= 0.3 is 0 Å². The van der Waals surface area contributed by atoms with Gasteiger partial charge in [0.15, 0.2) is 0 Å². The molecule has 3 atom stereocenters. The Hall–Kier alpha value is -0.371. The molecular formula is C24H31O2SiU-. The molecule has 2 aromatic rings. The zero-order chi connectivity index (χ0) is 19.1. The first-order valence-corrected chi connectivity index (χ1v) is 12.1. The maximum Gasteiger partial charge on any atom is 0.261 e. The van der Waals surface area contributed by atoms with E-state index in [-0.39, 0.29) is 41.8 Å². The molecule has 1 saturated heterocycles. The zero-order valence-corrected chi connectivity index (χ0v) is 22.6. The summed E-state index contributed by atoms with van der Waals surface area (Å²) in [5, 5.41) is 2.68. The predicted octanol–water partition coefficient (Wildman–Crippen LogP) is 4.54. The average molecular weight is 618 g/mol. The van der Waals surface area contributed by atoms with Gasteiger partial charge in [-0.2, -0.15) is 0 Å². The first-order chi connectivity index (χ1) is 12.9. The predicted molar refractivity (Wildman–Crippen MR) is 114 cm³/mol. The minimum absolute atomic E-state index is 0. The van der Waals surface area contributed by atoms with Gasteiger partial charge in [-0.25, -0.2) is 6.61 Å². The smallest absolute Gasteiger partial charge is 0.261 e. The van der Waals surface area contributed by atoms with Crippen molar-refractivity contribution in [3.8, 4) is 0 Å². The molecule has 148 valence electrons. The molecule has 28 heavy (non-hydrogen) atoms. The van der Waals surface area contributed by atoms with Crippen molar-refractivity contribution in [2.45, 2.75) is 51.2 Å². The summed E-state index contributed by atoms with van der Waals surface area (Å²) >= 11 is 0. The standard InChI is InChI=1S/C24H31O2Si.U/c1-19-20-15-16-24(19,25-17-20)18-26-27(23(2,3)4,21-11-7-5-8-12-21)22-13-9-6-10-14-22;/h5-14,17,19-20H,15-16,18H2,1-4H3;/q-1;. The minimum atomic E-state index is -2.49. The molecule has 2 fully saturated rings. The third-order valence-corrected chi connectivity index (χ3v) is 11.8. The Morgan fingerprint density at radius 1 is 1.04 bits per heavy atom. The van der Waals surface area contributed by atoms with Gasteiger partial charge in [-0.05, 0) is 27.8 Å². The Morgan fingerprint density at radius 3 is 1.93 bits per heavy atom. The number of hydrogen-bond acceptors (Lipinski definition) is 2. The van der Waals surface area contributed by atoms with Crippen LogP contribution in [0.2, 0.25) is 5.04 Å². The summed E-state index contributed by atoms with van der Waals surface area (Å²) in [4.78, 5) is 0. The van der Waals surface area contributed by atoms with E-state index < -0.39 is 8.32 Å². The summed E-state index contributed by atoms with van der Waals surface area (Å²) in [6, 6.07) is 21.8. The first kappa shape index (κ1) is 22.3. The van der Waals surface area contributed by atoms with Crippen LogP contribution in [0.3, 0.4) is 0 Å². The molecule has 3 unspecified atom stereocenters. The van der Waals surface area contributed by atoms with E-state index in [0.717, 1.165) is 6.42 Å². The number of fused-ring (bicyclic) bond motifs is 2. The molecule has 0 amide bonds. The second-order valence-electron chi connectivity index (χ2n) is 9.26. The molecule has 0 N–H and O–H groups in total. The van der Waals surface area contributed by atoms with Gasteiger partial charge in [0.25, 0.3) is 8.32 Å². The summed E-state index contributed by atoms with van der Waals surface area (Å²) in [6.45, 7) is 12.1. The topological polar surface area (TPSA) is 18.5 Å². The Balaban J connectivity index is 0.00000225. The molecule has 4 rings (SSSR count). The van der Waals surface area contributed by atoms with Crippen molar-refractivity contribution in [1.82, 2.24) is 0 Å². The van der Waals surface area contributed by atoms with Gasteiger partial charge in [0.1, 0.15) is 0 Å². The summed E-state index contributed by atoms with van der Waals surface area (Å²) in [7, 11) is -2.49. The third-order valence-electron chi connectivity index (χ3n) is 6.80. The summed E-state index contributed by atoms with van der Waals surface area (Å²) < 4.78 is 13.3. The molecule has 2 nitrogen and oxygen atoms in total. The average Bonchev–Trinajstić information content (AvgIpc) is 3.15. The molecule has 0 radical (unpaired) electrons. The fourth-order valence-electron chi connectivity index (χ4n) is 5.08. The van der Waals surface area contributed by atoms with Gasteiger partial charge in [-0.3, -0.25) is 0 Å². The second kappa shape index (κ2) is 8.40. The van der Waals surface area contributed by atoms with Gasteiger partial charge in [-0.1, -0.05) is 94.8 Å². The van der Waals surface area contributed by atoms with Crippen molar-refractivity contribution in [2.24, 2.45) is 11.8 Å². The fourth-order valence-corrected chi connectivity index (χ4v) is 9.70. The molecular weight excluding hydrogens is 586 g/mol. The molecule has 2 bridgehead atoms. The van der Waals surface area contributed by atoms with E-state index in [0.29, 0.717) is 18.4 Å². The molecule has 0 aromatic heterocycles. The molecule has 2 aromatic carbocycles. The van der Waals surface area contributed by atoms with E-state index in [1.54, 1.807) is 0 Å². The molecule has 1 aliphatic heterocycles. The van der Waals surface area contributed by atoms with Crippen molar-refractivity contribution in [1.29, 1.82) is 0 Å². The quantitative estimate of drug-likeness (QED) is 0.363. The van der Waals surface area contributed by atoms with Crippen LogP contribution in [0, 0.1) is 49.6 Å². The maximum absolute atomic E-state index is 7.14. The minimum Gasteiger partial charge on any atom is -0.545 e. The van der Waals surface area contributed by atoms with Gasteiger partial charge in [0.05, 0.1) is 12.2 Å². The van der Waals surface area contributed by atoms with Crippen LogP contribution in [0.4, 0.5) is 0 Å². The zero-order valence-electron chi connectivity index (χ0n) is 17.4. The summed E-state index contributed by atoms with van der Waals surface area (Å²) in [5.41, 5.74) is -0.141. The summed E-state index contributed by atoms with van der Waals surface area (Å²) in [6.07, 6.45) is 2.33. The number of benzene rings is 2. The van der Waals surface area contributed by atoms with E-state index in [1.807, 2.05) is 0 Å². The molecule has 1 aliphatic carbocycles. The molecule has 1 heterocycles. The normalized spacial score (nSPS) is 26.9. The van der Waals surface area contributed by atoms with Crippen molar-refractivity contribution in [3.63, 3.8) is 0 Å². The van der Waals surface area contributed by atoms with Gasteiger partial charge in [-0.15, -0.1) is 5.92 Å². The molecule has 1 saturated carbocycles. The monoisotopic (exact) mass is 617 g/mol. The van der Waals surface area contributed by atoms with E-state index >= 15 is 0 Å². The van der Waals surface area contributed by atoms with Crippen LogP contribution in [-0.2, 0) is 9.16 Å². The van der Waals surface area contributed by atoms with Crippen molar-refractivity contribution < 1.29 is 40.3 Å². The Kier molecular flexibility index (Phi) is 6.70. The van der Waals surface area contributed by atoms with Crippen LogP contribution in [0.5, 0.6) is 0 Å². The van der Waals surface area contributed by atoms with Gasteiger partial charge in [0, 0.05) is 31.1 Å². The molecule has 0 spiro atoms. The third kappa shape index (κ3) is 3.61. The van der Waals surface area contributed by atoms with Crippen LogP contribution in [0.25, 0.3) is 0 Å². The SMILES string of the molecule is CC1C2[CH-]OC1(CO[Si](c1ccccc1)(c1ccccc1)C(C)(C)C)CC2.[U]. The van der Waals surface area contributed by atoms with Crippen LogP contribution in [0.1, 0.15) is 40.5 Å². The number of hydrogen-bond donors (Lipinski definition) is 0. The molecule has 2 aliphatic rings. The van der Waals surface area contributed by atoms with Gasteiger partial charge in [0.2, 0.25) is 0 Å². The van der Waals surface area contributed by atoms with Gasteiger partial charge < -0.3 is 9.16 Å². The Bertz CT molecular complexity index is 725. The number of ether oxygens (including phenoxy) is 1. The van der Waals surface area contributed by atoms with E-state index in [4.69, 9.17) is 9.16 Å². The maximum atomic E-state index is 7.14. The van der Waals surface area contributed by atoms with E-state index in [1.165, 1.54) is 16.8 Å². The van der Waals surface area contributed by atoms with Crippen molar-refractivity contribution in [2.75, 3.05) is 6.61 Å². The van der Waals surface area contributed by atoms with Crippen LogP contribution >= 0.6 is 0 Å². The Labute approximate surface area is 194 Å². The number of rotatable bonds is 5.